The molecule has 5 heteroatoms. The number of hydrogen-bond donors (Lipinski definition) is 1. The number of methoxy groups -OCH3 is 1. The van der Waals surface area contributed by atoms with Gasteiger partial charge in [0.2, 0.25) is 0 Å². The van der Waals surface area contributed by atoms with Gasteiger partial charge in [-0.05, 0) is 25.1 Å². The Balaban J connectivity index is 1.84. The number of amides is 1. The van der Waals surface area contributed by atoms with E-state index >= 15 is 0 Å². The van der Waals surface area contributed by atoms with Crippen molar-refractivity contribution in [3.05, 3.63) is 24.3 Å². The number of para-hydroxylation sites is 2. The molecule has 2 rings (SSSR count). The minimum absolute atomic E-state index is 0.0237. The third-order valence-electron chi connectivity index (χ3n) is 3.03. The summed E-state index contributed by atoms with van der Waals surface area (Å²) in [6.07, 6.45) is 0.907. The van der Waals surface area contributed by atoms with Crippen LogP contribution in [0.3, 0.4) is 0 Å². The van der Waals surface area contributed by atoms with Crippen molar-refractivity contribution in [2.24, 2.45) is 0 Å². The van der Waals surface area contributed by atoms with Crippen LogP contribution in [0.25, 0.3) is 0 Å². The highest BCUT2D eigenvalue weighted by Crippen LogP contribution is 2.31. The molecule has 1 aliphatic heterocycles. The third-order valence-corrected chi connectivity index (χ3v) is 3.03. The number of nitrogens with zero attached hydrogens (tertiary/aromatic N) is 1. The average molecular weight is 264 g/mol. The predicted molar refractivity (Wildman–Crippen MR) is 73.7 cm³/mol. The smallest absolute Gasteiger partial charge is 0.265 e. The van der Waals surface area contributed by atoms with Crippen LogP contribution in [0, 0.1) is 0 Å². The van der Waals surface area contributed by atoms with Gasteiger partial charge in [-0.1, -0.05) is 12.1 Å². The number of rotatable bonds is 7. The molecule has 0 bridgehead atoms. The number of benzene rings is 1. The van der Waals surface area contributed by atoms with E-state index in [2.05, 4.69) is 5.32 Å². The maximum absolute atomic E-state index is 11.9. The summed E-state index contributed by atoms with van der Waals surface area (Å²) in [6.45, 7) is 3.26. The first-order valence-electron chi connectivity index (χ1n) is 6.55. The Morgan fingerprint density at radius 1 is 1.37 bits per heavy atom. The van der Waals surface area contributed by atoms with Crippen molar-refractivity contribution in [3.63, 3.8) is 0 Å². The largest absolute Gasteiger partial charge is 0.482 e. The second kappa shape index (κ2) is 7.11. The Morgan fingerprint density at radius 3 is 3.05 bits per heavy atom. The molecule has 5 nitrogen and oxygen atoms in total. The van der Waals surface area contributed by atoms with Crippen LogP contribution < -0.4 is 15.0 Å². The van der Waals surface area contributed by atoms with Gasteiger partial charge in [0.1, 0.15) is 5.75 Å². The molecule has 1 aromatic rings. The van der Waals surface area contributed by atoms with E-state index in [-0.39, 0.29) is 12.5 Å². The third kappa shape index (κ3) is 3.68. The van der Waals surface area contributed by atoms with Crippen LogP contribution in [0.2, 0.25) is 0 Å². The average Bonchev–Trinajstić information content (AvgIpc) is 2.44. The van der Waals surface area contributed by atoms with Gasteiger partial charge in [-0.2, -0.15) is 0 Å². The van der Waals surface area contributed by atoms with Crippen molar-refractivity contribution in [2.45, 2.75) is 6.42 Å². The Labute approximate surface area is 113 Å². The lowest BCUT2D eigenvalue weighted by molar-refractivity contribution is -0.121. The van der Waals surface area contributed by atoms with Gasteiger partial charge in [-0.25, -0.2) is 0 Å². The molecule has 0 radical (unpaired) electrons. The van der Waals surface area contributed by atoms with Crippen molar-refractivity contribution in [1.29, 1.82) is 0 Å². The molecule has 0 unspecified atom stereocenters. The number of fused-ring (bicyclic) bond motifs is 1. The van der Waals surface area contributed by atoms with Crippen LogP contribution in [-0.4, -0.2) is 45.9 Å². The fourth-order valence-electron chi connectivity index (χ4n) is 2.06. The lowest BCUT2D eigenvalue weighted by atomic mass is 10.2. The highest BCUT2D eigenvalue weighted by atomic mass is 16.5. The fraction of sp³-hybridized carbons (Fsp3) is 0.500. The lowest BCUT2D eigenvalue weighted by Gasteiger charge is -2.29. The maximum atomic E-state index is 11.9. The molecule has 0 atom stereocenters. The molecule has 1 amide bonds. The Bertz CT molecular complexity index is 423. The van der Waals surface area contributed by atoms with Gasteiger partial charge in [0.05, 0.1) is 12.3 Å². The van der Waals surface area contributed by atoms with E-state index in [1.165, 1.54) is 0 Å². The zero-order valence-corrected chi connectivity index (χ0v) is 11.2. The minimum Gasteiger partial charge on any atom is -0.482 e. The molecule has 1 N–H and O–H groups in total. The summed E-state index contributed by atoms with van der Waals surface area (Å²) in [6, 6.07) is 7.65. The van der Waals surface area contributed by atoms with Crippen LogP contribution in [0.4, 0.5) is 5.69 Å². The molecule has 0 spiro atoms. The quantitative estimate of drug-likeness (QED) is 0.748. The molecular weight excluding hydrogens is 244 g/mol. The number of nitrogens with one attached hydrogen (secondary N) is 1. The highest BCUT2D eigenvalue weighted by molar-refractivity contribution is 5.97. The summed E-state index contributed by atoms with van der Waals surface area (Å²) in [5.41, 5.74) is 0.871. The molecule has 1 aliphatic rings. The van der Waals surface area contributed by atoms with Crippen LogP contribution >= 0.6 is 0 Å². The molecule has 0 aromatic heterocycles. The Kier molecular flexibility index (Phi) is 5.18. The van der Waals surface area contributed by atoms with E-state index in [0.717, 1.165) is 30.9 Å². The first kappa shape index (κ1) is 13.8. The zero-order valence-electron chi connectivity index (χ0n) is 11.2. The van der Waals surface area contributed by atoms with Crippen LogP contribution in [0.1, 0.15) is 6.42 Å². The van der Waals surface area contributed by atoms with Gasteiger partial charge in [0.15, 0.2) is 6.61 Å². The summed E-state index contributed by atoms with van der Waals surface area (Å²) in [5.74, 6) is 0.810. The van der Waals surface area contributed by atoms with E-state index < -0.39 is 0 Å². The maximum Gasteiger partial charge on any atom is 0.265 e. The number of anilines is 1. The van der Waals surface area contributed by atoms with Gasteiger partial charge in [-0.3, -0.25) is 4.79 Å². The van der Waals surface area contributed by atoms with E-state index in [4.69, 9.17) is 9.47 Å². The standard InChI is InChI=1S/C14H20N2O3/c1-18-10-8-15-7-4-9-16-12-5-2-3-6-13(12)19-11-14(16)17/h2-3,5-6,15H,4,7-11H2,1H3. The Morgan fingerprint density at radius 2 is 2.21 bits per heavy atom. The van der Waals surface area contributed by atoms with Gasteiger partial charge in [0.25, 0.3) is 5.91 Å². The van der Waals surface area contributed by atoms with E-state index in [0.29, 0.717) is 13.2 Å². The SMILES string of the molecule is COCCNCCCN1C(=O)COc2ccccc21. The highest BCUT2D eigenvalue weighted by Gasteiger charge is 2.24. The molecule has 0 saturated heterocycles. The molecular formula is C14H20N2O3. The molecule has 1 heterocycles. The first-order chi connectivity index (χ1) is 9.33. The molecule has 104 valence electrons. The van der Waals surface area contributed by atoms with Gasteiger partial charge < -0.3 is 19.7 Å². The molecule has 19 heavy (non-hydrogen) atoms. The topological polar surface area (TPSA) is 50.8 Å². The summed E-state index contributed by atoms with van der Waals surface area (Å²) < 4.78 is 10.4. The van der Waals surface area contributed by atoms with E-state index in [9.17, 15) is 4.79 Å². The first-order valence-corrected chi connectivity index (χ1v) is 6.55. The number of hydrogen-bond acceptors (Lipinski definition) is 4. The second-order valence-electron chi connectivity index (χ2n) is 4.40. The number of carbonyl (C=O) groups excluding carboxylic acids is 1. The van der Waals surface area contributed by atoms with Crippen molar-refractivity contribution in [2.75, 3.05) is 44.9 Å². The summed E-state index contributed by atoms with van der Waals surface area (Å²) >= 11 is 0. The van der Waals surface area contributed by atoms with Crippen LogP contribution in [0.5, 0.6) is 5.75 Å². The monoisotopic (exact) mass is 264 g/mol. The number of carbonyl (C=O) groups is 1. The van der Waals surface area contributed by atoms with Crippen LogP contribution in [0.15, 0.2) is 24.3 Å². The lowest BCUT2D eigenvalue weighted by Crippen LogP contribution is -2.40. The molecule has 1 aromatic carbocycles. The molecule has 0 fully saturated rings. The number of ether oxygens (including phenoxy) is 2. The van der Waals surface area contributed by atoms with Gasteiger partial charge in [0, 0.05) is 20.2 Å². The fourth-order valence-corrected chi connectivity index (χ4v) is 2.06. The minimum atomic E-state index is 0.0237. The van der Waals surface area contributed by atoms with Gasteiger partial charge >= 0.3 is 0 Å². The summed E-state index contributed by atoms with van der Waals surface area (Å²) in [5, 5.41) is 3.27. The van der Waals surface area contributed by atoms with E-state index in [1.54, 1.807) is 12.0 Å². The summed E-state index contributed by atoms with van der Waals surface area (Å²) in [7, 11) is 1.69. The van der Waals surface area contributed by atoms with Crippen molar-refractivity contribution < 1.29 is 14.3 Å². The predicted octanol–water partition coefficient (Wildman–Crippen LogP) is 1.04. The second-order valence-corrected chi connectivity index (χ2v) is 4.40. The van der Waals surface area contributed by atoms with E-state index in [1.807, 2.05) is 24.3 Å². The zero-order chi connectivity index (χ0) is 13.5. The van der Waals surface area contributed by atoms with Crippen LogP contribution in [-0.2, 0) is 9.53 Å². The molecule has 0 aliphatic carbocycles. The molecule has 0 saturated carbocycles. The Hall–Kier alpha value is -1.59. The normalized spacial score (nSPS) is 14.2. The van der Waals surface area contributed by atoms with Crippen molar-refractivity contribution >= 4 is 11.6 Å². The summed E-state index contributed by atoms with van der Waals surface area (Å²) in [4.78, 5) is 13.7. The van der Waals surface area contributed by atoms with Gasteiger partial charge in [-0.15, -0.1) is 0 Å². The van der Waals surface area contributed by atoms with Crippen molar-refractivity contribution in [1.82, 2.24) is 5.32 Å². The van der Waals surface area contributed by atoms with Crippen molar-refractivity contribution in [3.8, 4) is 5.75 Å².